The highest BCUT2D eigenvalue weighted by molar-refractivity contribution is 7.91. The number of pyridine rings is 1. The molecule has 0 aromatic carbocycles. The molecule has 0 bridgehead atoms. The average Bonchev–Trinajstić information content (AvgIpc) is 2.44. The van der Waals surface area contributed by atoms with Crippen molar-refractivity contribution in [1.29, 1.82) is 0 Å². The van der Waals surface area contributed by atoms with Crippen LogP contribution in [0.15, 0.2) is 6.07 Å². The summed E-state index contributed by atoms with van der Waals surface area (Å²) in [6.45, 7) is 2.66. The highest BCUT2D eigenvalue weighted by Crippen LogP contribution is 2.31. The first-order valence-corrected chi connectivity index (χ1v) is 9.34. The molecule has 0 radical (unpaired) electrons. The van der Waals surface area contributed by atoms with Gasteiger partial charge in [-0.2, -0.15) is 0 Å². The van der Waals surface area contributed by atoms with Crippen molar-refractivity contribution in [3.05, 3.63) is 22.1 Å². The summed E-state index contributed by atoms with van der Waals surface area (Å²) in [6, 6.07) is 1.84. The smallest absolute Gasteiger partial charge is 0.308 e. The second-order valence-electron chi connectivity index (χ2n) is 5.33. The summed E-state index contributed by atoms with van der Waals surface area (Å²) in [5, 5.41) is 6.57. The summed E-state index contributed by atoms with van der Waals surface area (Å²) in [6.07, 6.45) is 0. The lowest BCUT2D eigenvalue weighted by molar-refractivity contribution is -0.727. The van der Waals surface area contributed by atoms with Gasteiger partial charge in [-0.25, -0.2) is 13.4 Å². The molecule has 0 spiro atoms. The maximum absolute atomic E-state index is 11.5. The number of nitrogens with zero attached hydrogens (tertiary/aromatic N) is 4. The largest absolute Gasteiger partial charge is 0.355 e. The lowest BCUT2D eigenvalue weighted by Crippen LogP contribution is -2.40. The molecule has 1 aliphatic heterocycles. The Bertz CT molecular complexity index is 856. The third-order valence-corrected chi connectivity index (χ3v) is 6.13. The van der Waals surface area contributed by atoms with E-state index in [1.165, 1.54) is 0 Å². The Kier molecular flexibility index (Phi) is 3.91. The topological polar surface area (TPSA) is 67.0 Å². The normalized spacial score (nSPS) is 17.9. The molecule has 0 aliphatic carbocycles. The zero-order chi connectivity index (χ0) is 16.1. The van der Waals surface area contributed by atoms with E-state index < -0.39 is 9.84 Å². The molecule has 1 aliphatic rings. The van der Waals surface area contributed by atoms with Gasteiger partial charge in [-0.15, -0.1) is 0 Å². The van der Waals surface area contributed by atoms with Crippen molar-refractivity contribution in [3.63, 3.8) is 0 Å². The highest BCUT2D eigenvalue weighted by Gasteiger charge is 2.25. The Morgan fingerprint density at radius 1 is 1.27 bits per heavy atom. The molecule has 3 heterocycles. The third-order valence-electron chi connectivity index (χ3n) is 3.80. The molecule has 0 atom stereocenters. The van der Waals surface area contributed by atoms with Crippen molar-refractivity contribution in [2.24, 2.45) is 7.05 Å². The van der Waals surface area contributed by atoms with Crippen molar-refractivity contribution < 1.29 is 13.1 Å². The monoisotopic (exact) mass is 361 g/mol. The van der Waals surface area contributed by atoms with Gasteiger partial charge < -0.3 is 4.90 Å². The number of sulfone groups is 1. The standard InChI is InChI=1S/C13H15Cl2N4O2S/c1-8-11-9(13(15)18(2)17-8)7-10(16-12(11)14)19-3-5-22(20,21)6-4-19/h7H,3-6H2,1-2H3/q+1. The summed E-state index contributed by atoms with van der Waals surface area (Å²) in [5.74, 6) is 0.891. The predicted molar refractivity (Wildman–Crippen MR) is 86.3 cm³/mol. The fourth-order valence-corrected chi connectivity index (χ4v) is 4.32. The van der Waals surface area contributed by atoms with Gasteiger partial charge >= 0.3 is 5.15 Å². The SMILES string of the molecule is Cc1n[n+](C)c(Cl)c2cc(N3CCS(=O)(=O)CC3)nc(Cl)c12. The Morgan fingerprint density at radius 3 is 2.55 bits per heavy atom. The van der Waals surface area contributed by atoms with Crippen molar-refractivity contribution >= 4 is 49.6 Å². The number of aromatic nitrogens is 3. The zero-order valence-corrected chi connectivity index (χ0v) is 14.5. The summed E-state index contributed by atoms with van der Waals surface area (Å²) < 4.78 is 24.7. The van der Waals surface area contributed by atoms with Gasteiger partial charge in [-0.1, -0.05) is 16.3 Å². The van der Waals surface area contributed by atoms with E-state index in [4.69, 9.17) is 23.2 Å². The predicted octanol–water partition coefficient (Wildman–Crippen LogP) is 1.30. The molecule has 0 amide bonds. The van der Waals surface area contributed by atoms with Gasteiger partial charge in [0.05, 0.1) is 22.3 Å². The molecular formula is C13H15Cl2N4O2S+. The molecule has 0 unspecified atom stereocenters. The van der Waals surface area contributed by atoms with E-state index in [0.717, 1.165) is 16.5 Å². The van der Waals surface area contributed by atoms with Crippen LogP contribution >= 0.6 is 23.2 Å². The summed E-state index contributed by atoms with van der Waals surface area (Å²) in [5.41, 5.74) is 0.743. The van der Waals surface area contributed by atoms with Gasteiger partial charge in [-0.3, -0.25) is 0 Å². The Labute approximate surface area is 138 Å². The average molecular weight is 362 g/mol. The number of hydrogen-bond donors (Lipinski definition) is 0. The van der Waals surface area contributed by atoms with Crippen LogP contribution in [0.25, 0.3) is 10.8 Å². The van der Waals surface area contributed by atoms with Crippen LogP contribution in [0.2, 0.25) is 10.3 Å². The van der Waals surface area contributed by atoms with Crippen molar-refractivity contribution in [2.45, 2.75) is 6.92 Å². The minimum Gasteiger partial charge on any atom is -0.355 e. The Hall–Kier alpha value is -1.18. The molecular weight excluding hydrogens is 347 g/mol. The Morgan fingerprint density at radius 2 is 1.91 bits per heavy atom. The van der Waals surface area contributed by atoms with Crippen LogP contribution in [0.3, 0.4) is 0 Å². The third kappa shape index (κ3) is 2.73. The molecule has 3 rings (SSSR count). The van der Waals surface area contributed by atoms with E-state index in [-0.39, 0.29) is 11.5 Å². The Balaban J connectivity index is 2.11. The van der Waals surface area contributed by atoms with E-state index in [1.54, 1.807) is 11.7 Å². The van der Waals surface area contributed by atoms with Gasteiger partial charge in [0.2, 0.25) is 0 Å². The first-order valence-electron chi connectivity index (χ1n) is 6.76. The van der Waals surface area contributed by atoms with Crippen molar-refractivity contribution in [1.82, 2.24) is 10.1 Å². The maximum Gasteiger partial charge on any atom is 0.308 e. The molecule has 6 nitrogen and oxygen atoms in total. The van der Waals surface area contributed by atoms with Gasteiger partial charge in [0.1, 0.15) is 16.7 Å². The van der Waals surface area contributed by atoms with E-state index in [9.17, 15) is 8.42 Å². The minimum absolute atomic E-state index is 0.126. The van der Waals surface area contributed by atoms with Crippen LogP contribution in [0, 0.1) is 6.92 Å². The fraction of sp³-hybridized carbons (Fsp3) is 0.462. The lowest BCUT2D eigenvalue weighted by Gasteiger charge is -2.28. The van der Waals surface area contributed by atoms with Gasteiger partial charge in [-0.05, 0) is 29.7 Å². The van der Waals surface area contributed by atoms with E-state index in [2.05, 4.69) is 10.1 Å². The molecule has 9 heteroatoms. The highest BCUT2D eigenvalue weighted by atomic mass is 35.5. The van der Waals surface area contributed by atoms with E-state index >= 15 is 0 Å². The van der Waals surface area contributed by atoms with Crippen LogP contribution in [0.4, 0.5) is 5.82 Å². The number of aryl methyl sites for hydroxylation is 2. The lowest BCUT2D eigenvalue weighted by atomic mass is 10.2. The van der Waals surface area contributed by atoms with E-state index in [1.807, 2.05) is 17.9 Å². The quantitative estimate of drug-likeness (QED) is 0.565. The van der Waals surface area contributed by atoms with Crippen LogP contribution < -0.4 is 9.58 Å². The first-order chi connectivity index (χ1) is 10.3. The fourth-order valence-electron chi connectivity index (χ4n) is 2.60. The molecule has 1 fully saturated rings. The van der Waals surface area contributed by atoms with Crippen LogP contribution in [0.1, 0.15) is 5.69 Å². The van der Waals surface area contributed by atoms with Crippen molar-refractivity contribution in [3.8, 4) is 0 Å². The van der Waals surface area contributed by atoms with Gasteiger partial charge in [0.25, 0.3) is 0 Å². The van der Waals surface area contributed by atoms with E-state index in [0.29, 0.717) is 29.2 Å². The second-order valence-corrected chi connectivity index (χ2v) is 8.35. The number of rotatable bonds is 1. The van der Waals surface area contributed by atoms with Crippen molar-refractivity contribution in [2.75, 3.05) is 29.5 Å². The van der Waals surface area contributed by atoms with Crippen LogP contribution in [-0.2, 0) is 16.9 Å². The summed E-state index contributed by atoms with van der Waals surface area (Å²) >= 11 is 12.6. The summed E-state index contributed by atoms with van der Waals surface area (Å²) in [7, 11) is -1.18. The molecule has 2 aromatic rings. The van der Waals surface area contributed by atoms with Crippen LogP contribution in [-0.4, -0.2) is 43.1 Å². The maximum atomic E-state index is 11.5. The number of fused-ring (bicyclic) bond motifs is 1. The zero-order valence-electron chi connectivity index (χ0n) is 12.2. The van der Waals surface area contributed by atoms with Gasteiger partial charge in [0.15, 0.2) is 16.9 Å². The first kappa shape index (κ1) is 15.7. The molecule has 0 N–H and O–H groups in total. The van der Waals surface area contributed by atoms with Gasteiger partial charge in [0, 0.05) is 13.1 Å². The molecule has 22 heavy (non-hydrogen) atoms. The molecule has 0 saturated carbocycles. The second kappa shape index (κ2) is 5.47. The molecule has 118 valence electrons. The summed E-state index contributed by atoms with van der Waals surface area (Å²) in [4.78, 5) is 6.31. The molecule has 1 saturated heterocycles. The number of anilines is 1. The van der Waals surface area contributed by atoms with Crippen LogP contribution in [0.5, 0.6) is 0 Å². The number of halogens is 2. The minimum atomic E-state index is -2.94. The number of hydrogen-bond acceptors (Lipinski definition) is 5. The molecule has 2 aromatic heterocycles.